The molecule has 74 valence electrons. The van der Waals surface area contributed by atoms with Crippen molar-refractivity contribution in [3.05, 3.63) is 0 Å². The quantitative estimate of drug-likeness (QED) is 0.647. The average molecular weight is 183 g/mol. The number of rotatable bonds is 2. The van der Waals surface area contributed by atoms with E-state index < -0.39 is 0 Å². The molecule has 0 unspecified atom stereocenters. The van der Waals surface area contributed by atoms with E-state index in [1.165, 1.54) is 0 Å². The second-order valence-corrected chi connectivity index (χ2v) is 4.12. The van der Waals surface area contributed by atoms with Gasteiger partial charge in [-0.3, -0.25) is 4.79 Å². The molecule has 1 spiro atoms. The van der Waals surface area contributed by atoms with E-state index in [4.69, 9.17) is 4.74 Å². The smallest absolute Gasteiger partial charge is 0.309 e. The van der Waals surface area contributed by atoms with Crippen LogP contribution in [0.15, 0.2) is 0 Å². The topological polar surface area (TPSA) is 38.3 Å². The summed E-state index contributed by atoms with van der Waals surface area (Å²) in [4.78, 5) is 11.4. The third kappa shape index (κ3) is 1.57. The van der Waals surface area contributed by atoms with Gasteiger partial charge in [-0.15, -0.1) is 0 Å². The molecule has 3 nitrogen and oxygen atoms in total. The number of piperidine rings is 1. The van der Waals surface area contributed by atoms with Gasteiger partial charge in [0.15, 0.2) is 0 Å². The lowest BCUT2D eigenvalue weighted by Crippen LogP contribution is -2.31. The third-order valence-corrected chi connectivity index (χ3v) is 3.36. The molecule has 1 heterocycles. The van der Waals surface area contributed by atoms with E-state index in [1.807, 2.05) is 6.92 Å². The SMILES string of the molecule is CCOC(=O)[C@H]1CC12CCNCC2. The minimum absolute atomic E-state index is 0.0319. The lowest BCUT2D eigenvalue weighted by atomic mass is 9.92. The second kappa shape index (κ2) is 3.29. The summed E-state index contributed by atoms with van der Waals surface area (Å²) < 4.78 is 5.03. The monoisotopic (exact) mass is 183 g/mol. The third-order valence-electron chi connectivity index (χ3n) is 3.36. The van der Waals surface area contributed by atoms with Crippen molar-refractivity contribution in [3.8, 4) is 0 Å². The largest absolute Gasteiger partial charge is 0.466 e. The predicted octanol–water partition coefficient (Wildman–Crippen LogP) is 0.939. The van der Waals surface area contributed by atoms with Gasteiger partial charge in [0.2, 0.25) is 0 Å². The van der Waals surface area contributed by atoms with Crippen LogP contribution in [0.2, 0.25) is 0 Å². The number of ether oxygens (including phenoxy) is 1. The molecule has 1 aliphatic carbocycles. The van der Waals surface area contributed by atoms with E-state index in [0.29, 0.717) is 12.0 Å². The highest BCUT2D eigenvalue weighted by Gasteiger charge is 2.58. The lowest BCUT2D eigenvalue weighted by molar-refractivity contribution is -0.145. The lowest BCUT2D eigenvalue weighted by Gasteiger charge is -2.22. The molecule has 1 atom stereocenters. The molecule has 2 aliphatic rings. The maximum Gasteiger partial charge on any atom is 0.309 e. The highest BCUT2D eigenvalue weighted by molar-refractivity contribution is 5.77. The van der Waals surface area contributed by atoms with Crippen LogP contribution in [0.3, 0.4) is 0 Å². The Hall–Kier alpha value is -0.570. The van der Waals surface area contributed by atoms with Gasteiger partial charge in [0.05, 0.1) is 12.5 Å². The highest BCUT2D eigenvalue weighted by atomic mass is 16.5. The molecule has 13 heavy (non-hydrogen) atoms. The number of carbonyl (C=O) groups excluding carboxylic acids is 1. The van der Waals surface area contributed by atoms with Crippen molar-refractivity contribution in [1.29, 1.82) is 0 Å². The molecule has 0 aromatic carbocycles. The standard InChI is InChI=1S/C10H17NO2/c1-2-13-9(12)8-7-10(8)3-5-11-6-4-10/h8,11H,2-7H2,1H3/t8-/m1/s1. The summed E-state index contributed by atoms with van der Waals surface area (Å²) >= 11 is 0. The normalized spacial score (nSPS) is 30.1. The number of nitrogens with one attached hydrogen (secondary N) is 1. The van der Waals surface area contributed by atoms with Crippen molar-refractivity contribution in [1.82, 2.24) is 5.32 Å². The fourth-order valence-electron chi connectivity index (χ4n) is 2.40. The van der Waals surface area contributed by atoms with Gasteiger partial charge in [0, 0.05) is 0 Å². The Morgan fingerprint density at radius 2 is 2.23 bits per heavy atom. The molecule has 0 bridgehead atoms. The van der Waals surface area contributed by atoms with Gasteiger partial charge < -0.3 is 10.1 Å². The Labute approximate surface area is 78.8 Å². The molecule has 1 saturated heterocycles. The minimum atomic E-state index is 0.0319. The van der Waals surface area contributed by atoms with Crippen molar-refractivity contribution in [2.45, 2.75) is 26.2 Å². The van der Waals surface area contributed by atoms with Crippen molar-refractivity contribution in [2.24, 2.45) is 11.3 Å². The fourth-order valence-corrected chi connectivity index (χ4v) is 2.40. The first kappa shape index (κ1) is 9.00. The molecular weight excluding hydrogens is 166 g/mol. The zero-order valence-electron chi connectivity index (χ0n) is 8.14. The number of esters is 1. The Morgan fingerprint density at radius 3 is 2.85 bits per heavy atom. The minimum Gasteiger partial charge on any atom is -0.466 e. The van der Waals surface area contributed by atoms with E-state index in [2.05, 4.69) is 5.32 Å². The zero-order chi connectivity index (χ0) is 9.31. The maximum atomic E-state index is 11.4. The van der Waals surface area contributed by atoms with E-state index in [-0.39, 0.29) is 11.9 Å². The number of carbonyl (C=O) groups is 1. The van der Waals surface area contributed by atoms with Crippen LogP contribution >= 0.6 is 0 Å². The zero-order valence-corrected chi connectivity index (χ0v) is 8.14. The molecule has 2 fully saturated rings. The van der Waals surface area contributed by atoms with Crippen LogP contribution in [0.25, 0.3) is 0 Å². The summed E-state index contributed by atoms with van der Waals surface area (Å²) in [7, 11) is 0. The first-order valence-corrected chi connectivity index (χ1v) is 5.16. The summed E-state index contributed by atoms with van der Waals surface area (Å²) in [6.07, 6.45) is 3.36. The number of hydrogen-bond donors (Lipinski definition) is 1. The Bertz CT molecular complexity index is 209. The Morgan fingerprint density at radius 1 is 1.54 bits per heavy atom. The van der Waals surface area contributed by atoms with Gasteiger partial charge >= 0.3 is 5.97 Å². The molecule has 1 aliphatic heterocycles. The maximum absolute atomic E-state index is 11.4. The van der Waals surface area contributed by atoms with Crippen LogP contribution in [0.1, 0.15) is 26.2 Å². The molecule has 0 amide bonds. The first-order valence-electron chi connectivity index (χ1n) is 5.16. The molecule has 1 saturated carbocycles. The summed E-state index contributed by atoms with van der Waals surface area (Å²) in [5, 5.41) is 3.32. The molecule has 3 heteroatoms. The fraction of sp³-hybridized carbons (Fsp3) is 0.900. The van der Waals surface area contributed by atoms with Crippen LogP contribution in [0.5, 0.6) is 0 Å². The van der Waals surface area contributed by atoms with Crippen molar-refractivity contribution in [2.75, 3.05) is 19.7 Å². The van der Waals surface area contributed by atoms with E-state index in [1.54, 1.807) is 0 Å². The van der Waals surface area contributed by atoms with Crippen LogP contribution in [0.4, 0.5) is 0 Å². The summed E-state index contributed by atoms with van der Waals surface area (Å²) in [5.41, 5.74) is 0.331. The number of hydrogen-bond acceptors (Lipinski definition) is 3. The first-order chi connectivity index (χ1) is 6.28. The molecule has 1 N–H and O–H groups in total. The van der Waals surface area contributed by atoms with Crippen LogP contribution in [-0.4, -0.2) is 25.7 Å². The van der Waals surface area contributed by atoms with E-state index in [9.17, 15) is 4.79 Å². The molecule has 0 aromatic rings. The van der Waals surface area contributed by atoms with Crippen molar-refractivity contribution < 1.29 is 9.53 Å². The van der Waals surface area contributed by atoms with Gasteiger partial charge in [0.25, 0.3) is 0 Å². The van der Waals surface area contributed by atoms with Gasteiger partial charge in [-0.2, -0.15) is 0 Å². The summed E-state index contributed by atoms with van der Waals surface area (Å²) in [5.74, 6) is 0.249. The molecule has 0 radical (unpaired) electrons. The highest BCUT2D eigenvalue weighted by Crippen LogP contribution is 2.58. The average Bonchev–Trinajstić information content (AvgIpc) is 2.81. The van der Waals surface area contributed by atoms with E-state index >= 15 is 0 Å². The Balaban J connectivity index is 1.88. The van der Waals surface area contributed by atoms with E-state index in [0.717, 1.165) is 32.4 Å². The van der Waals surface area contributed by atoms with Gasteiger partial charge in [-0.1, -0.05) is 0 Å². The second-order valence-electron chi connectivity index (χ2n) is 4.12. The van der Waals surface area contributed by atoms with Gasteiger partial charge in [-0.05, 0) is 44.7 Å². The van der Waals surface area contributed by atoms with Crippen LogP contribution in [-0.2, 0) is 9.53 Å². The van der Waals surface area contributed by atoms with Crippen LogP contribution < -0.4 is 5.32 Å². The van der Waals surface area contributed by atoms with Crippen LogP contribution in [0, 0.1) is 11.3 Å². The van der Waals surface area contributed by atoms with Gasteiger partial charge in [0.1, 0.15) is 0 Å². The molecular formula is C10H17NO2. The predicted molar refractivity (Wildman–Crippen MR) is 49.3 cm³/mol. The molecule has 2 rings (SSSR count). The summed E-state index contributed by atoms with van der Waals surface area (Å²) in [6, 6.07) is 0. The molecule has 0 aromatic heterocycles. The van der Waals surface area contributed by atoms with Crippen molar-refractivity contribution in [3.63, 3.8) is 0 Å². The Kier molecular flexibility index (Phi) is 2.28. The van der Waals surface area contributed by atoms with Crippen molar-refractivity contribution >= 4 is 5.97 Å². The summed E-state index contributed by atoms with van der Waals surface area (Å²) in [6.45, 7) is 4.52. The van der Waals surface area contributed by atoms with Gasteiger partial charge in [-0.25, -0.2) is 0 Å².